The molecule has 0 amide bonds. The van der Waals surface area contributed by atoms with Gasteiger partial charge >= 0.3 is 0 Å². The second-order valence-electron chi connectivity index (χ2n) is 2.06. The first-order valence-corrected chi connectivity index (χ1v) is 4.79. The van der Waals surface area contributed by atoms with E-state index < -0.39 is 0 Å². The van der Waals surface area contributed by atoms with Crippen LogP contribution in [0.4, 0.5) is 0 Å². The number of thiocarbonyl (C=S) groups is 1. The summed E-state index contributed by atoms with van der Waals surface area (Å²) in [6.07, 6.45) is 0.779. The van der Waals surface area contributed by atoms with Crippen molar-refractivity contribution in [3.8, 4) is 0 Å². The SMILES string of the molecule is CCOC(=S)Cc1cccs1. The van der Waals surface area contributed by atoms with Crippen LogP contribution in [0.3, 0.4) is 0 Å². The number of thiophene rings is 1. The van der Waals surface area contributed by atoms with Crippen molar-refractivity contribution < 1.29 is 4.74 Å². The highest BCUT2D eigenvalue weighted by atomic mass is 32.1. The summed E-state index contributed by atoms with van der Waals surface area (Å²) in [6.45, 7) is 2.62. The average molecular weight is 186 g/mol. The van der Waals surface area contributed by atoms with Crippen molar-refractivity contribution in [2.24, 2.45) is 0 Å². The first kappa shape index (κ1) is 8.68. The van der Waals surface area contributed by atoms with Gasteiger partial charge in [-0.05, 0) is 30.6 Å². The molecule has 0 atom stereocenters. The van der Waals surface area contributed by atoms with Crippen LogP contribution in [0.15, 0.2) is 17.5 Å². The fourth-order valence-electron chi connectivity index (χ4n) is 0.767. The Kier molecular flexibility index (Phi) is 3.52. The van der Waals surface area contributed by atoms with E-state index in [4.69, 9.17) is 17.0 Å². The second-order valence-corrected chi connectivity index (χ2v) is 3.55. The van der Waals surface area contributed by atoms with E-state index in [1.807, 2.05) is 18.4 Å². The number of hydrogen-bond donors (Lipinski definition) is 0. The predicted molar refractivity (Wildman–Crippen MR) is 52.2 cm³/mol. The molecule has 0 saturated heterocycles. The van der Waals surface area contributed by atoms with E-state index in [9.17, 15) is 0 Å². The van der Waals surface area contributed by atoms with Crippen LogP contribution < -0.4 is 0 Å². The highest BCUT2D eigenvalue weighted by Gasteiger charge is 1.98. The first-order chi connectivity index (χ1) is 5.33. The van der Waals surface area contributed by atoms with Crippen LogP contribution in [0, 0.1) is 0 Å². The molecule has 60 valence electrons. The van der Waals surface area contributed by atoms with Gasteiger partial charge < -0.3 is 4.74 Å². The Morgan fingerprint density at radius 2 is 2.55 bits per heavy atom. The maximum absolute atomic E-state index is 5.15. The maximum atomic E-state index is 5.15. The summed E-state index contributed by atoms with van der Waals surface area (Å²) in [4.78, 5) is 1.27. The van der Waals surface area contributed by atoms with Crippen molar-refractivity contribution in [3.05, 3.63) is 22.4 Å². The van der Waals surface area contributed by atoms with Crippen molar-refractivity contribution in [3.63, 3.8) is 0 Å². The van der Waals surface area contributed by atoms with E-state index in [1.165, 1.54) is 4.88 Å². The largest absolute Gasteiger partial charge is 0.487 e. The van der Waals surface area contributed by atoms with Crippen LogP contribution >= 0.6 is 23.6 Å². The minimum absolute atomic E-state index is 0.671. The number of hydrogen-bond acceptors (Lipinski definition) is 3. The molecule has 1 aromatic heterocycles. The Morgan fingerprint density at radius 1 is 1.73 bits per heavy atom. The smallest absolute Gasteiger partial charge is 0.164 e. The minimum Gasteiger partial charge on any atom is -0.487 e. The lowest BCUT2D eigenvalue weighted by Crippen LogP contribution is -2.03. The normalized spacial score (nSPS) is 9.55. The van der Waals surface area contributed by atoms with E-state index in [2.05, 4.69) is 6.07 Å². The van der Waals surface area contributed by atoms with E-state index in [-0.39, 0.29) is 0 Å². The van der Waals surface area contributed by atoms with Gasteiger partial charge in [-0.25, -0.2) is 0 Å². The molecule has 0 fully saturated rings. The Balaban J connectivity index is 2.37. The molecule has 0 aliphatic rings. The molecule has 0 saturated carbocycles. The zero-order valence-corrected chi connectivity index (χ0v) is 8.00. The molecule has 1 nitrogen and oxygen atoms in total. The van der Waals surface area contributed by atoms with E-state index in [1.54, 1.807) is 11.3 Å². The summed E-state index contributed by atoms with van der Waals surface area (Å²) in [5.74, 6) is 0. The standard InChI is InChI=1S/C8H10OS2/c1-2-9-8(10)6-7-4-3-5-11-7/h3-5H,2,6H2,1H3. The van der Waals surface area contributed by atoms with Crippen molar-refractivity contribution >= 4 is 28.6 Å². The molecule has 0 aliphatic carbocycles. The van der Waals surface area contributed by atoms with E-state index in [0.29, 0.717) is 11.7 Å². The van der Waals surface area contributed by atoms with Gasteiger partial charge in [-0.1, -0.05) is 6.07 Å². The van der Waals surface area contributed by atoms with Gasteiger partial charge in [0.1, 0.15) is 0 Å². The summed E-state index contributed by atoms with van der Waals surface area (Å²) in [7, 11) is 0. The van der Waals surface area contributed by atoms with Crippen molar-refractivity contribution in [2.75, 3.05) is 6.61 Å². The lowest BCUT2D eigenvalue weighted by Gasteiger charge is -2.01. The summed E-state index contributed by atoms with van der Waals surface area (Å²) in [5, 5.41) is 2.74. The van der Waals surface area contributed by atoms with Gasteiger partial charge in [-0.2, -0.15) is 0 Å². The van der Waals surface area contributed by atoms with Gasteiger partial charge in [0, 0.05) is 4.88 Å². The lowest BCUT2D eigenvalue weighted by molar-refractivity contribution is 0.330. The Hall–Kier alpha value is -0.410. The van der Waals surface area contributed by atoms with Crippen LogP contribution in [-0.2, 0) is 11.2 Å². The van der Waals surface area contributed by atoms with Crippen LogP contribution in [0.2, 0.25) is 0 Å². The molecule has 0 aliphatic heterocycles. The molecule has 1 rings (SSSR count). The Morgan fingerprint density at radius 3 is 3.09 bits per heavy atom. The summed E-state index contributed by atoms with van der Waals surface area (Å²) in [6, 6.07) is 4.09. The zero-order valence-electron chi connectivity index (χ0n) is 6.37. The number of rotatable bonds is 3. The molecule has 3 heteroatoms. The van der Waals surface area contributed by atoms with Gasteiger partial charge in [0.05, 0.1) is 13.0 Å². The third kappa shape index (κ3) is 2.99. The molecule has 0 aromatic carbocycles. The quantitative estimate of drug-likeness (QED) is 0.671. The third-order valence-electron chi connectivity index (χ3n) is 1.20. The van der Waals surface area contributed by atoms with Crippen LogP contribution in [0.1, 0.15) is 11.8 Å². The molecule has 1 aromatic rings. The summed E-state index contributed by atoms with van der Waals surface area (Å²) >= 11 is 6.70. The van der Waals surface area contributed by atoms with Gasteiger partial charge in [-0.15, -0.1) is 11.3 Å². The van der Waals surface area contributed by atoms with Crippen molar-refractivity contribution in [2.45, 2.75) is 13.3 Å². The molecule has 1 heterocycles. The topological polar surface area (TPSA) is 9.23 Å². The van der Waals surface area contributed by atoms with Crippen LogP contribution in [0.25, 0.3) is 0 Å². The monoisotopic (exact) mass is 186 g/mol. The minimum atomic E-state index is 0.671. The third-order valence-corrected chi connectivity index (χ3v) is 2.34. The molecular weight excluding hydrogens is 176 g/mol. The Bertz CT molecular complexity index is 216. The fraction of sp³-hybridized carbons (Fsp3) is 0.375. The summed E-state index contributed by atoms with van der Waals surface area (Å²) in [5.41, 5.74) is 0. The molecule has 0 bridgehead atoms. The van der Waals surface area contributed by atoms with Gasteiger partial charge in [0.2, 0.25) is 0 Å². The molecule has 11 heavy (non-hydrogen) atoms. The van der Waals surface area contributed by atoms with Crippen molar-refractivity contribution in [1.29, 1.82) is 0 Å². The number of ether oxygens (including phenoxy) is 1. The summed E-state index contributed by atoms with van der Waals surface area (Å²) < 4.78 is 5.15. The highest BCUT2D eigenvalue weighted by Crippen LogP contribution is 2.10. The van der Waals surface area contributed by atoms with Crippen LogP contribution in [-0.4, -0.2) is 11.7 Å². The molecular formula is C8H10OS2. The van der Waals surface area contributed by atoms with E-state index in [0.717, 1.165) is 6.42 Å². The molecule has 0 unspecified atom stereocenters. The van der Waals surface area contributed by atoms with Gasteiger partial charge in [0.25, 0.3) is 0 Å². The Labute approximate surface area is 76.0 Å². The fourth-order valence-corrected chi connectivity index (χ4v) is 1.84. The average Bonchev–Trinajstić information content (AvgIpc) is 2.40. The van der Waals surface area contributed by atoms with E-state index >= 15 is 0 Å². The second kappa shape index (κ2) is 4.46. The first-order valence-electron chi connectivity index (χ1n) is 3.51. The molecule has 0 radical (unpaired) electrons. The maximum Gasteiger partial charge on any atom is 0.164 e. The molecule has 0 N–H and O–H groups in total. The predicted octanol–water partition coefficient (Wildman–Crippen LogP) is 2.65. The zero-order chi connectivity index (χ0) is 8.10. The lowest BCUT2D eigenvalue weighted by atomic mass is 10.4. The van der Waals surface area contributed by atoms with Gasteiger partial charge in [-0.3, -0.25) is 0 Å². The van der Waals surface area contributed by atoms with Crippen LogP contribution in [0.5, 0.6) is 0 Å². The van der Waals surface area contributed by atoms with Crippen molar-refractivity contribution in [1.82, 2.24) is 0 Å². The highest BCUT2D eigenvalue weighted by molar-refractivity contribution is 7.80. The molecule has 0 spiro atoms. The van der Waals surface area contributed by atoms with Gasteiger partial charge in [0.15, 0.2) is 5.05 Å².